The number of benzene rings is 2. The normalized spacial score (nSPS) is 21.3. The number of likely N-dealkylation sites (tertiary alicyclic amines) is 1. The Kier molecular flexibility index (Phi) is 5.84. The van der Waals surface area contributed by atoms with Crippen LogP contribution in [0.4, 0.5) is 0 Å². The Balaban J connectivity index is 1.55. The maximum atomic E-state index is 11.0. The molecule has 0 aliphatic carbocycles. The number of aryl methyl sites for hydroxylation is 2. The van der Waals surface area contributed by atoms with Crippen molar-refractivity contribution >= 4 is 0 Å². The van der Waals surface area contributed by atoms with E-state index in [1.54, 1.807) is 12.1 Å². The predicted molar refractivity (Wildman–Crippen MR) is 104 cm³/mol. The second kappa shape index (κ2) is 8.11. The van der Waals surface area contributed by atoms with Gasteiger partial charge in [-0.1, -0.05) is 29.8 Å². The molecule has 4 nitrogen and oxygen atoms in total. The van der Waals surface area contributed by atoms with Crippen LogP contribution in [0.2, 0.25) is 0 Å². The lowest BCUT2D eigenvalue weighted by atomic mass is 9.96. The SMILES string of the molecule is Cc1ccc(OCC2(O)CCCN(Cc3ccc(O)cc3)CC2)c(C)c1. The summed E-state index contributed by atoms with van der Waals surface area (Å²) in [4.78, 5) is 2.36. The van der Waals surface area contributed by atoms with Crippen LogP contribution in [0.5, 0.6) is 11.5 Å². The van der Waals surface area contributed by atoms with Crippen LogP contribution in [0, 0.1) is 13.8 Å². The van der Waals surface area contributed by atoms with E-state index in [1.165, 1.54) is 11.1 Å². The quantitative estimate of drug-likeness (QED) is 0.856. The molecule has 140 valence electrons. The topological polar surface area (TPSA) is 52.9 Å². The molecule has 0 aromatic heterocycles. The molecule has 4 heteroatoms. The summed E-state index contributed by atoms with van der Waals surface area (Å²) in [5.41, 5.74) is 2.73. The first-order chi connectivity index (χ1) is 12.4. The van der Waals surface area contributed by atoms with Gasteiger partial charge >= 0.3 is 0 Å². The summed E-state index contributed by atoms with van der Waals surface area (Å²) in [6, 6.07) is 13.5. The monoisotopic (exact) mass is 355 g/mol. The number of aromatic hydroxyl groups is 1. The fraction of sp³-hybridized carbons (Fsp3) is 0.455. The zero-order valence-electron chi connectivity index (χ0n) is 15.7. The minimum atomic E-state index is -0.777. The number of rotatable bonds is 5. The Hall–Kier alpha value is -2.04. The molecule has 1 aliphatic heterocycles. The Labute approximate surface area is 156 Å². The zero-order chi connectivity index (χ0) is 18.6. The molecular formula is C22H29NO3. The molecule has 1 atom stereocenters. The third-order valence-corrected chi connectivity index (χ3v) is 5.18. The lowest BCUT2D eigenvalue weighted by Gasteiger charge is -2.27. The van der Waals surface area contributed by atoms with Gasteiger partial charge in [0.05, 0.1) is 5.60 Å². The third-order valence-electron chi connectivity index (χ3n) is 5.18. The molecule has 0 bridgehead atoms. The minimum Gasteiger partial charge on any atom is -0.508 e. The van der Waals surface area contributed by atoms with Crippen molar-refractivity contribution in [2.75, 3.05) is 19.7 Å². The van der Waals surface area contributed by atoms with Gasteiger partial charge in [0.1, 0.15) is 18.1 Å². The largest absolute Gasteiger partial charge is 0.508 e. The second-order valence-electron chi connectivity index (χ2n) is 7.58. The van der Waals surface area contributed by atoms with Crippen LogP contribution in [0.1, 0.15) is 36.0 Å². The first kappa shape index (κ1) is 18.7. The van der Waals surface area contributed by atoms with Crippen molar-refractivity contribution in [2.45, 2.75) is 45.3 Å². The van der Waals surface area contributed by atoms with Gasteiger partial charge in [-0.3, -0.25) is 4.90 Å². The molecule has 2 aromatic carbocycles. The first-order valence-electron chi connectivity index (χ1n) is 9.36. The highest BCUT2D eigenvalue weighted by Gasteiger charge is 2.31. The Morgan fingerprint density at radius 1 is 1.04 bits per heavy atom. The van der Waals surface area contributed by atoms with Gasteiger partial charge in [0.2, 0.25) is 0 Å². The Morgan fingerprint density at radius 2 is 1.81 bits per heavy atom. The van der Waals surface area contributed by atoms with Crippen LogP contribution in [0.3, 0.4) is 0 Å². The van der Waals surface area contributed by atoms with E-state index in [-0.39, 0.29) is 0 Å². The minimum absolute atomic E-state index is 0.294. The van der Waals surface area contributed by atoms with Crippen LogP contribution in [-0.2, 0) is 6.54 Å². The van der Waals surface area contributed by atoms with Gasteiger partial charge < -0.3 is 14.9 Å². The average molecular weight is 355 g/mol. The van der Waals surface area contributed by atoms with Crippen molar-refractivity contribution in [2.24, 2.45) is 0 Å². The summed E-state index contributed by atoms with van der Waals surface area (Å²) in [6.45, 7) is 7.09. The molecule has 0 spiro atoms. The second-order valence-corrected chi connectivity index (χ2v) is 7.58. The molecule has 2 aromatic rings. The molecule has 1 unspecified atom stereocenters. The van der Waals surface area contributed by atoms with E-state index in [1.807, 2.05) is 31.2 Å². The van der Waals surface area contributed by atoms with Gasteiger partial charge in [-0.2, -0.15) is 0 Å². The number of ether oxygens (including phenoxy) is 1. The van der Waals surface area contributed by atoms with Gasteiger partial charge in [0, 0.05) is 13.1 Å². The van der Waals surface area contributed by atoms with Crippen molar-refractivity contribution < 1.29 is 14.9 Å². The van der Waals surface area contributed by atoms with Crippen LogP contribution in [0.15, 0.2) is 42.5 Å². The molecule has 26 heavy (non-hydrogen) atoms. The highest BCUT2D eigenvalue weighted by molar-refractivity contribution is 5.35. The molecule has 1 heterocycles. The Morgan fingerprint density at radius 3 is 2.54 bits per heavy atom. The number of hydrogen-bond acceptors (Lipinski definition) is 4. The molecule has 0 saturated carbocycles. The number of phenols is 1. The van der Waals surface area contributed by atoms with Crippen molar-refractivity contribution in [1.29, 1.82) is 0 Å². The first-order valence-corrected chi connectivity index (χ1v) is 9.36. The smallest absolute Gasteiger partial charge is 0.122 e. The lowest BCUT2D eigenvalue weighted by Crippen LogP contribution is -2.37. The third kappa shape index (κ3) is 4.99. The molecule has 2 N–H and O–H groups in total. The van der Waals surface area contributed by atoms with Crippen LogP contribution in [0.25, 0.3) is 0 Å². The van der Waals surface area contributed by atoms with Gasteiger partial charge in [-0.25, -0.2) is 0 Å². The van der Waals surface area contributed by atoms with Crippen molar-refractivity contribution in [3.8, 4) is 11.5 Å². The molecule has 1 aliphatic rings. The van der Waals surface area contributed by atoms with Crippen molar-refractivity contribution in [3.63, 3.8) is 0 Å². The van der Waals surface area contributed by atoms with Gasteiger partial charge in [0.15, 0.2) is 0 Å². The molecule has 1 fully saturated rings. The fourth-order valence-corrected chi connectivity index (χ4v) is 3.57. The summed E-state index contributed by atoms with van der Waals surface area (Å²) in [6.07, 6.45) is 2.41. The molecule has 3 rings (SSSR count). The van der Waals surface area contributed by atoms with Crippen LogP contribution in [-0.4, -0.2) is 40.4 Å². The predicted octanol–water partition coefficient (Wildman–Crippen LogP) is 3.81. The van der Waals surface area contributed by atoms with E-state index in [4.69, 9.17) is 4.74 Å². The van der Waals surface area contributed by atoms with Gasteiger partial charge in [-0.05, 0) is 69.0 Å². The van der Waals surface area contributed by atoms with E-state index in [2.05, 4.69) is 17.9 Å². The van der Waals surface area contributed by atoms with Crippen molar-refractivity contribution in [3.05, 3.63) is 59.2 Å². The summed E-state index contributed by atoms with van der Waals surface area (Å²) in [7, 11) is 0. The van der Waals surface area contributed by atoms with Gasteiger partial charge in [-0.15, -0.1) is 0 Å². The maximum absolute atomic E-state index is 11.0. The molecular weight excluding hydrogens is 326 g/mol. The van der Waals surface area contributed by atoms with E-state index in [9.17, 15) is 10.2 Å². The standard InChI is InChI=1S/C22H29NO3/c1-17-4-9-21(18(2)14-17)26-16-22(25)10-3-12-23(13-11-22)15-19-5-7-20(24)8-6-19/h4-9,14,24-25H,3,10-13,15-16H2,1-2H3. The number of hydrogen-bond donors (Lipinski definition) is 2. The summed E-state index contributed by atoms with van der Waals surface area (Å²) >= 11 is 0. The van der Waals surface area contributed by atoms with E-state index in [0.717, 1.165) is 43.8 Å². The molecule has 0 radical (unpaired) electrons. The number of nitrogens with zero attached hydrogens (tertiary/aromatic N) is 1. The fourth-order valence-electron chi connectivity index (χ4n) is 3.57. The van der Waals surface area contributed by atoms with Crippen LogP contribution < -0.4 is 4.74 Å². The van der Waals surface area contributed by atoms with E-state index in [0.29, 0.717) is 18.8 Å². The average Bonchev–Trinajstić information content (AvgIpc) is 2.78. The van der Waals surface area contributed by atoms with Crippen LogP contribution >= 0.6 is 0 Å². The number of phenolic OH excluding ortho intramolecular Hbond substituents is 1. The Bertz CT molecular complexity index is 729. The summed E-state index contributed by atoms with van der Waals surface area (Å²) in [5, 5.41) is 20.4. The lowest BCUT2D eigenvalue weighted by molar-refractivity contribution is -0.0170. The molecule has 1 saturated heterocycles. The summed E-state index contributed by atoms with van der Waals surface area (Å²) in [5.74, 6) is 1.15. The van der Waals surface area contributed by atoms with Crippen molar-refractivity contribution in [1.82, 2.24) is 4.90 Å². The van der Waals surface area contributed by atoms with Gasteiger partial charge in [0.25, 0.3) is 0 Å². The highest BCUT2D eigenvalue weighted by atomic mass is 16.5. The molecule has 0 amide bonds. The highest BCUT2D eigenvalue weighted by Crippen LogP contribution is 2.26. The maximum Gasteiger partial charge on any atom is 0.122 e. The van der Waals surface area contributed by atoms with E-state index < -0.39 is 5.60 Å². The zero-order valence-corrected chi connectivity index (χ0v) is 15.7. The summed E-state index contributed by atoms with van der Waals surface area (Å²) < 4.78 is 5.96. The van der Waals surface area contributed by atoms with E-state index >= 15 is 0 Å². The number of aliphatic hydroxyl groups is 1.